The second-order valence-corrected chi connectivity index (χ2v) is 10.8. The van der Waals surface area contributed by atoms with E-state index in [9.17, 15) is 5.11 Å². The van der Waals surface area contributed by atoms with Crippen LogP contribution in [0.1, 0.15) is 92.5 Å². The Bertz CT molecular complexity index is 1230. The minimum absolute atomic E-state index is 0.0713. The largest absolute Gasteiger partial charge is 0.386 e. The van der Waals surface area contributed by atoms with Crippen molar-refractivity contribution in [2.45, 2.75) is 91.6 Å². The molecule has 0 bridgehead atoms. The molecule has 1 aromatic heterocycles. The molecule has 0 saturated heterocycles. The lowest BCUT2D eigenvalue weighted by Gasteiger charge is -2.35. The number of benzene rings is 2. The maximum atomic E-state index is 10.7. The van der Waals surface area contributed by atoms with Crippen LogP contribution >= 0.6 is 0 Å². The third-order valence-electron chi connectivity index (χ3n) is 8.59. The molecule has 0 fully saturated rings. The summed E-state index contributed by atoms with van der Waals surface area (Å²) in [6.07, 6.45) is 10.2. The fourth-order valence-corrected chi connectivity index (χ4v) is 5.77. The van der Waals surface area contributed by atoms with Gasteiger partial charge >= 0.3 is 0 Å². The second-order valence-electron chi connectivity index (χ2n) is 10.8. The van der Waals surface area contributed by atoms with Gasteiger partial charge in [-0.05, 0) is 91.5 Å². The highest BCUT2D eigenvalue weighted by molar-refractivity contribution is 5.71. The Morgan fingerprint density at radius 2 is 1.46 bits per heavy atom. The van der Waals surface area contributed by atoms with Gasteiger partial charge in [-0.1, -0.05) is 76.2 Å². The van der Waals surface area contributed by atoms with Crippen LogP contribution in [-0.4, -0.2) is 29.4 Å². The molecular formula is C35H47NO3. The van der Waals surface area contributed by atoms with Crippen LogP contribution in [0, 0.1) is 20.8 Å². The molecule has 210 valence electrons. The van der Waals surface area contributed by atoms with Crippen LogP contribution in [-0.2, 0) is 21.6 Å². The molecule has 39 heavy (non-hydrogen) atoms. The van der Waals surface area contributed by atoms with Gasteiger partial charge in [0.1, 0.15) is 0 Å². The van der Waals surface area contributed by atoms with Gasteiger partial charge in [-0.25, -0.2) is 9.78 Å². The lowest BCUT2D eigenvalue weighted by Crippen LogP contribution is -2.26. The first-order valence-corrected chi connectivity index (χ1v) is 14.4. The van der Waals surface area contributed by atoms with Crippen LogP contribution in [0.2, 0.25) is 0 Å². The SMILES string of the molecule is CCC(O)(/C=C/c1ccc(C(CC)(CC)c2cc(C)c(-c3ccc(CCOOC)nc3)c(C)c2)cc1C)CC. The Balaban J connectivity index is 1.97. The minimum Gasteiger partial charge on any atom is -0.386 e. The molecule has 0 aliphatic rings. The van der Waals surface area contributed by atoms with E-state index in [1.54, 1.807) is 0 Å². The summed E-state index contributed by atoms with van der Waals surface area (Å²) < 4.78 is 0. The molecule has 0 spiro atoms. The smallest absolute Gasteiger partial charge is 0.0877 e. The average molecular weight is 530 g/mol. The zero-order valence-corrected chi connectivity index (χ0v) is 25.2. The highest BCUT2D eigenvalue weighted by Crippen LogP contribution is 2.42. The van der Waals surface area contributed by atoms with Crippen molar-refractivity contribution in [2.24, 2.45) is 0 Å². The van der Waals surface area contributed by atoms with Crippen LogP contribution in [0.4, 0.5) is 0 Å². The van der Waals surface area contributed by atoms with Gasteiger partial charge in [0.15, 0.2) is 0 Å². The highest BCUT2D eigenvalue weighted by Gasteiger charge is 2.32. The predicted molar refractivity (Wildman–Crippen MR) is 163 cm³/mol. The molecule has 4 heteroatoms. The minimum atomic E-state index is -0.743. The summed E-state index contributed by atoms with van der Waals surface area (Å²) in [7, 11) is 1.52. The number of aliphatic hydroxyl groups is 1. The molecule has 0 aliphatic heterocycles. The van der Waals surface area contributed by atoms with E-state index in [0.29, 0.717) is 25.9 Å². The molecule has 1 heterocycles. The summed E-state index contributed by atoms with van der Waals surface area (Å²) in [5.41, 5.74) is 10.2. The summed E-state index contributed by atoms with van der Waals surface area (Å²) in [6, 6.07) is 15.8. The summed E-state index contributed by atoms with van der Waals surface area (Å²) in [5.74, 6) is 0. The van der Waals surface area contributed by atoms with Crippen LogP contribution in [0.3, 0.4) is 0 Å². The molecule has 0 saturated carbocycles. The van der Waals surface area contributed by atoms with E-state index >= 15 is 0 Å². The van der Waals surface area contributed by atoms with E-state index in [4.69, 9.17) is 4.89 Å². The number of nitrogens with zero attached hydrogens (tertiary/aromatic N) is 1. The first kappa shape index (κ1) is 30.7. The maximum Gasteiger partial charge on any atom is 0.0877 e. The molecule has 0 atom stereocenters. The van der Waals surface area contributed by atoms with Gasteiger partial charge in [0.2, 0.25) is 0 Å². The Labute approximate surface area is 236 Å². The van der Waals surface area contributed by atoms with Crippen molar-refractivity contribution in [3.8, 4) is 11.1 Å². The third-order valence-corrected chi connectivity index (χ3v) is 8.59. The molecule has 4 nitrogen and oxygen atoms in total. The Morgan fingerprint density at radius 3 is 1.97 bits per heavy atom. The number of hydrogen-bond acceptors (Lipinski definition) is 4. The predicted octanol–water partition coefficient (Wildman–Crippen LogP) is 8.46. The van der Waals surface area contributed by atoms with Gasteiger partial charge in [0.25, 0.3) is 0 Å². The summed E-state index contributed by atoms with van der Waals surface area (Å²) in [6.45, 7) is 15.7. The van der Waals surface area contributed by atoms with Crippen molar-refractivity contribution < 1.29 is 14.9 Å². The Morgan fingerprint density at radius 1 is 0.821 bits per heavy atom. The van der Waals surface area contributed by atoms with E-state index < -0.39 is 5.60 Å². The van der Waals surface area contributed by atoms with Gasteiger partial charge in [-0.15, -0.1) is 0 Å². The number of hydrogen-bond donors (Lipinski definition) is 1. The molecule has 2 aromatic carbocycles. The molecule has 3 aromatic rings. The van der Waals surface area contributed by atoms with Gasteiger partial charge in [-0.3, -0.25) is 4.98 Å². The maximum absolute atomic E-state index is 10.7. The van der Waals surface area contributed by atoms with Gasteiger partial charge in [0.05, 0.1) is 19.3 Å². The zero-order chi connectivity index (χ0) is 28.6. The average Bonchev–Trinajstić information content (AvgIpc) is 2.94. The zero-order valence-electron chi connectivity index (χ0n) is 25.2. The second kappa shape index (κ2) is 13.5. The standard InChI is InChI=1S/C35H47NO3/c1-9-34(37,10-2)19-17-28-13-15-30(21-25(28)5)35(11-3,12-4)31-22-26(6)33(27(7)23-31)29-14-16-32(36-24-29)18-20-39-38-8/h13-17,19,21-24,37H,9-12,18,20H2,1-8H3/b19-17+. The van der Waals surface area contributed by atoms with Gasteiger partial charge < -0.3 is 5.11 Å². The molecular weight excluding hydrogens is 482 g/mol. The number of rotatable bonds is 13. The lowest BCUT2D eigenvalue weighted by atomic mass is 9.69. The third kappa shape index (κ3) is 6.87. The molecule has 0 amide bonds. The summed E-state index contributed by atoms with van der Waals surface area (Å²) >= 11 is 0. The van der Waals surface area contributed by atoms with E-state index in [0.717, 1.165) is 29.7 Å². The molecule has 1 N–H and O–H groups in total. The van der Waals surface area contributed by atoms with Gasteiger partial charge in [0, 0.05) is 29.3 Å². The van der Waals surface area contributed by atoms with E-state index in [2.05, 4.69) is 93.0 Å². The quantitative estimate of drug-likeness (QED) is 0.137. The normalized spacial score (nSPS) is 12.4. The van der Waals surface area contributed by atoms with Crippen molar-refractivity contribution >= 4 is 6.08 Å². The fraction of sp³-hybridized carbons (Fsp3) is 0.457. The van der Waals surface area contributed by atoms with Crippen LogP contribution in [0.15, 0.2) is 54.7 Å². The van der Waals surface area contributed by atoms with Crippen LogP contribution in [0.5, 0.6) is 0 Å². The van der Waals surface area contributed by atoms with Crippen molar-refractivity contribution in [1.82, 2.24) is 4.98 Å². The summed E-state index contributed by atoms with van der Waals surface area (Å²) in [5, 5.41) is 10.7. The topological polar surface area (TPSA) is 51.6 Å². The van der Waals surface area contributed by atoms with E-state index in [-0.39, 0.29) is 5.41 Å². The van der Waals surface area contributed by atoms with Crippen molar-refractivity contribution in [3.05, 3.63) is 93.8 Å². The first-order chi connectivity index (χ1) is 18.7. The molecule has 0 aliphatic carbocycles. The fourth-order valence-electron chi connectivity index (χ4n) is 5.77. The number of pyridine rings is 1. The molecule has 0 radical (unpaired) electrons. The van der Waals surface area contributed by atoms with E-state index in [1.165, 1.54) is 40.5 Å². The Kier molecular flexibility index (Phi) is 10.7. The van der Waals surface area contributed by atoms with Gasteiger partial charge in [-0.2, -0.15) is 0 Å². The monoisotopic (exact) mass is 529 g/mol. The first-order valence-electron chi connectivity index (χ1n) is 14.4. The van der Waals surface area contributed by atoms with Crippen molar-refractivity contribution in [3.63, 3.8) is 0 Å². The Hall–Kier alpha value is -2.79. The molecule has 0 unspecified atom stereocenters. The summed E-state index contributed by atoms with van der Waals surface area (Å²) in [4.78, 5) is 14.3. The number of aryl methyl sites for hydroxylation is 3. The van der Waals surface area contributed by atoms with E-state index in [1.807, 2.05) is 26.1 Å². The lowest BCUT2D eigenvalue weighted by molar-refractivity contribution is -0.271. The van der Waals surface area contributed by atoms with Crippen molar-refractivity contribution in [1.29, 1.82) is 0 Å². The van der Waals surface area contributed by atoms with Crippen LogP contribution < -0.4 is 0 Å². The molecule has 3 rings (SSSR count). The highest BCUT2D eigenvalue weighted by atomic mass is 17.2. The number of aromatic nitrogens is 1. The van der Waals surface area contributed by atoms with Crippen molar-refractivity contribution in [2.75, 3.05) is 13.7 Å². The van der Waals surface area contributed by atoms with Crippen LogP contribution in [0.25, 0.3) is 17.2 Å².